The van der Waals surface area contributed by atoms with Gasteiger partial charge in [-0.2, -0.15) is 0 Å². The molecule has 1 heterocycles. The molecule has 2 rings (SSSR count). The van der Waals surface area contributed by atoms with Gasteiger partial charge in [-0.05, 0) is 38.0 Å². The minimum Gasteiger partial charge on any atom is -1.00 e. The first-order valence-electron chi connectivity index (χ1n) is 9.92. The number of ether oxygens (including phenoxy) is 2. The Morgan fingerprint density at radius 1 is 0.897 bits per heavy atom. The van der Waals surface area contributed by atoms with Gasteiger partial charge in [-0.25, -0.2) is 9.36 Å². The number of nitrogens with zero attached hydrogens (tertiary/aromatic N) is 1. The Morgan fingerprint density at radius 3 is 2.24 bits per heavy atom. The topological polar surface area (TPSA) is 56.5 Å². The van der Waals surface area contributed by atoms with Crippen LogP contribution in [-0.4, -0.2) is 25.0 Å². The number of Topliss-reactive ketones (excluding diaryl/α,β-unsaturated/α-hetero) is 1. The number of aryl methyl sites for hydroxylation is 1. The van der Waals surface area contributed by atoms with Gasteiger partial charge in [-0.3, -0.25) is 4.79 Å². The van der Waals surface area contributed by atoms with Gasteiger partial charge in [0, 0.05) is 11.6 Å². The van der Waals surface area contributed by atoms with Crippen LogP contribution >= 0.6 is 0 Å². The highest BCUT2D eigenvalue weighted by atomic mass is 127. The summed E-state index contributed by atoms with van der Waals surface area (Å²) in [5, 5.41) is 0. The van der Waals surface area contributed by atoms with Crippen LogP contribution in [0.25, 0.3) is 0 Å². The number of rotatable bonds is 12. The molecule has 0 radical (unpaired) electrons. The minimum atomic E-state index is -0.262. The molecule has 0 saturated heterocycles. The van der Waals surface area contributed by atoms with Crippen LogP contribution < -0.4 is 33.3 Å². The van der Waals surface area contributed by atoms with Crippen molar-refractivity contribution in [3.05, 3.63) is 59.9 Å². The van der Waals surface area contributed by atoms with Gasteiger partial charge in [0.2, 0.25) is 0 Å². The van der Waals surface area contributed by atoms with E-state index in [1.54, 1.807) is 31.3 Å². The Kier molecular flexibility index (Phi) is 12.2. The number of aromatic nitrogens is 1. The predicted octanol–water partition coefficient (Wildman–Crippen LogP) is 1.29. The quantitative estimate of drug-likeness (QED) is 0.142. The highest BCUT2D eigenvalue weighted by Gasteiger charge is 2.09. The number of benzene rings is 1. The highest BCUT2D eigenvalue weighted by molar-refractivity contribution is 5.94. The van der Waals surface area contributed by atoms with E-state index in [2.05, 4.69) is 0 Å². The molecule has 0 atom stereocenters. The molecule has 0 fully saturated rings. The predicted molar refractivity (Wildman–Crippen MR) is 108 cm³/mol. The van der Waals surface area contributed by atoms with E-state index in [0.717, 1.165) is 44.3 Å². The van der Waals surface area contributed by atoms with Gasteiger partial charge in [0.15, 0.2) is 18.2 Å². The SMILES string of the molecule is CC(=O)c1cccc(OCCCCCCCCOC(=O)c2ccc[n+](C)c2)c1.[I-]. The number of hydrogen-bond acceptors (Lipinski definition) is 4. The largest absolute Gasteiger partial charge is 1.00 e. The summed E-state index contributed by atoms with van der Waals surface area (Å²) in [5.74, 6) is 0.539. The van der Waals surface area contributed by atoms with E-state index in [1.165, 1.54) is 0 Å². The third-order valence-electron chi connectivity index (χ3n) is 4.46. The van der Waals surface area contributed by atoms with Gasteiger partial charge in [-0.1, -0.05) is 37.8 Å². The summed E-state index contributed by atoms with van der Waals surface area (Å²) >= 11 is 0. The lowest BCUT2D eigenvalue weighted by Crippen LogP contribution is -3.00. The molecule has 0 unspecified atom stereocenters. The zero-order valence-corrected chi connectivity index (χ0v) is 19.4. The number of carbonyl (C=O) groups is 2. The van der Waals surface area contributed by atoms with Crippen LogP contribution in [-0.2, 0) is 11.8 Å². The number of esters is 1. The van der Waals surface area contributed by atoms with Gasteiger partial charge in [0.05, 0.1) is 13.2 Å². The second kappa shape index (κ2) is 14.1. The van der Waals surface area contributed by atoms with E-state index in [4.69, 9.17) is 9.47 Å². The Balaban J connectivity index is 0.00000420. The maximum absolute atomic E-state index is 11.9. The van der Waals surface area contributed by atoms with Crippen LogP contribution in [0.2, 0.25) is 0 Å². The maximum Gasteiger partial charge on any atom is 0.344 e. The molecule has 0 bridgehead atoms. The van der Waals surface area contributed by atoms with Crippen LogP contribution in [0.4, 0.5) is 0 Å². The van der Waals surface area contributed by atoms with Crippen molar-refractivity contribution in [2.75, 3.05) is 13.2 Å². The van der Waals surface area contributed by atoms with E-state index in [-0.39, 0.29) is 35.7 Å². The lowest BCUT2D eigenvalue weighted by atomic mass is 10.1. The maximum atomic E-state index is 11.9. The molecule has 2 aromatic rings. The summed E-state index contributed by atoms with van der Waals surface area (Å²) in [6, 6.07) is 10.9. The normalized spacial score (nSPS) is 10.1. The van der Waals surface area contributed by atoms with E-state index >= 15 is 0 Å². The summed E-state index contributed by atoms with van der Waals surface area (Å²) < 4.78 is 12.8. The van der Waals surface area contributed by atoms with Crippen LogP contribution in [0, 0.1) is 0 Å². The Labute approximate surface area is 190 Å². The molecule has 0 aliphatic heterocycles. The fourth-order valence-electron chi connectivity index (χ4n) is 2.86. The lowest BCUT2D eigenvalue weighted by Gasteiger charge is -2.07. The first kappa shape index (κ1) is 25.1. The summed E-state index contributed by atoms with van der Waals surface area (Å²) in [6.45, 7) is 2.68. The number of pyridine rings is 1. The second-order valence-electron chi connectivity index (χ2n) is 6.95. The smallest absolute Gasteiger partial charge is 0.344 e. The molecule has 0 saturated carbocycles. The van der Waals surface area contributed by atoms with Crippen LogP contribution in [0.5, 0.6) is 5.75 Å². The van der Waals surface area contributed by atoms with Crippen molar-refractivity contribution in [2.24, 2.45) is 7.05 Å². The third-order valence-corrected chi connectivity index (χ3v) is 4.46. The summed E-state index contributed by atoms with van der Waals surface area (Å²) in [6.07, 6.45) is 9.94. The van der Waals surface area contributed by atoms with Crippen molar-refractivity contribution in [1.82, 2.24) is 0 Å². The molecular formula is C23H30INO4. The Bertz CT molecular complexity index is 779. The number of hydrogen-bond donors (Lipinski definition) is 0. The molecule has 6 heteroatoms. The number of ketones is 1. The molecular weight excluding hydrogens is 481 g/mol. The molecule has 0 aliphatic rings. The average molecular weight is 511 g/mol. The van der Waals surface area contributed by atoms with Gasteiger partial charge >= 0.3 is 5.97 Å². The van der Waals surface area contributed by atoms with E-state index in [9.17, 15) is 9.59 Å². The van der Waals surface area contributed by atoms with Crippen molar-refractivity contribution in [2.45, 2.75) is 45.4 Å². The van der Waals surface area contributed by atoms with E-state index in [0.29, 0.717) is 24.3 Å². The zero-order valence-electron chi connectivity index (χ0n) is 17.2. The fourth-order valence-corrected chi connectivity index (χ4v) is 2.86. The minimum absolute atomic E-state index is 0. The molecule has 5 nitrogen and oxygen atoms in total. The first-order valence-corrected chi connectivity index (χ1v) is 9.92. The molecule has 0 aliphatic carbocycles. The van der Waals surface area contributed by atoms with Gasteiger partial charge in [0.25, 0.3) is 0 Å². The van der Waals surface area contributed by atoms with Crippen LogP contribution in [0.15, 0.2) is 48.8 Å². The summed E-state index contributed by atoms with van der Waals surface area (Å²) in [7, 11) is 1.88. The average Bonchev–Trinajstić information content (AvgIpc) is 2.69. The number of unbranched alkanes of at least 4 members (excludes halogenated alkanes) is 5. The monoisotopic (exact) mass is 511 g/mol. The van der Waals surface area contributed by atoms with Crippen LogP contribution in [0.1, 0.15) is 66.2 Å². The van der Waals surface area contributed by atoms with Crippen LogP contribution in [0.3, 0.4) is 0 Å². The molecule has 29 heavy (non-hydrogen) atoms. The molecule has 1 aromatic heterocycles. The lowest BCUT2D eigenvalue weighted by molar-refractivity contribution is -0.671. The molecule has 158 valence electrons. The molecule has 0 N–H and O–H groups in total. The van der Waals surface area contributed by atoms with Crippen molar-refractivity contribution < 1.29 is 47.6 Å². The fraction of sp³-hybridized carbons (Fsp3) is 0.435. The zero-order chi connectivity index (χ0) is 20.2. The highest BCUT2D eigenvalue weighted by Crippen LogP contribution is 2.15. The molecule has 1 aromatic carbocycles. The van der Waals surface area contributed by atoms with Gasteiger partial charge in [-0.15, -0.1) is 0 Å². The standard InChI is InChI=1S/C23H30NO4.HI/c1-19(25)20-11-9-13-22(17-20)27-15-7-5-3-4-6-8-16-28-23(26)21-12-10-14-24(2)18-21;/h9-14,17-18H,3-8,15-16H2,1-2H3;1H/q+1;/p-1. The molecule has 0 amide bonds. The molecule has 0 spiro atoms. The Hall–Kier alpha value is -1.96. The Morgan fingerprint density at radius 2 is 1.55 bits per heavy atom. The van der Waals surface area contributed by atoms with Crippen molar-refractivity contribution >= 4 is 11.8 Å². The van der Waals surface area contributed by atoms with Gasteiger partial charge in [0.1, 0.15) is 18.4 Å². The first-order chi connectivity index (χ1) is 13.6. The number of halogens is 1. The van der Waals surface area contributed by atoms with Gasteiger partial charge < -0.3 is 33.5 Å². The van der Waals surface area contributed by atoms with Crippen molar-refractivity contribution in [3.63, 3.8) is 0 Å². The summed E-state index contributed by atoms with van der Waals surface area (Å²) in [4.78, 5) is 23.3. The summed E-state index contributed by atoms with van der Waals surface area (Å²) in [5.41, 5.74) is 1.26. The third kappa shape index (κ3) is 9.87. The van der Waals surface area contributed by atoms with E-state index in [1.807, 2.05) is 36.0 Å². The van der Waals surface area contributed by atoms with Crippen molar-refractivity contribution in [1.29, 1.82) is 0 Å². The van der Waals surface area contributed by atoms with E-state index < -0.39 is 0 Å². The second-order valence-corrected chi connectivity index (χ2v) is 6.95. The van der Waals surface area contributed by atoms with Crippen molar-refractivity contribution in [3.8, 4) is 5.75 Å². The number of carbonyl (C=O) groups excluding carboxylic acids is 2.